The van der Waals surface area contributed by atoms with Gasteiger partial charge in [0, 0.05) is 33.8 Å². The molecule has 2 rings (SSSR count). The molecule has 0 aliphatic carbocycles. The number of hydrogen-bond acceptors (Lipinski definition) is 3. The van der Waals surface area contributed by atoms with E-state index >= 15 is 0 Å². The Labute approximate surface area is 146 Å². The SMILES string of the molecule is COCCN(C)C(=O)NCc1cccc(CN2CCC(C)CC2)c1. The number of carbonyl (C=O) groups is 1. The standard InChI is InChI=1S/C19H31N3O2/c1-16-7-9-22(10-8-16)15-18-6-4-5-17(13-18)14-20-19(23)21(2)11-12-24-3/h4-6,13,16H,7-12,14-15H2,1-3H3,(H,20,23). The zero-order valence-electron chi connectivity index (χ0n) is 15.3. The predicted octanol–water partition coefficient (Wildman–Crippen LogP) is 2.71. The second kappa shape index (κ2) is 9.64. The number of nitrogens with zero attached hydrogens (tertiary/aromatic N) is 2. The van der Waals surface area contributed by atoms with Crippen LogP contribution in [0.25, 0.3) is 0 Å². The lowest BCUT2D eigenvalue weighted by molar-refractivity contribution is 0.159. The van der Waals surface area contributed by atoms with Crippen molar-refractivity contribution in [2.24, 2.45) is 5.92 Å². The van der Waals surface area contributed by atoms with Gasteiger partial charge in [0.2, 0.25) is 0 Å². The normalized spacial score (nSPS) is 16.1. The Hall–Kier alpha value is -1.59. The number of rotatable bonds is 7. The number of methoxy groups -OCH3 is 1. The third kappa shape index (κ3) is 6.13. The number of benzene rings is 1. The summed E-state index contributed by atoms with van der Waals surface area (Å²) < 4.78 is 4.99. The third-order valence-electron chi connectivity index (χ3n) is 4.70. The Kier molecular flexibility index (Phi) is 7.53. The molecule has 1 aromatic carbocycles. The molecule has 1 aliphatic rings. The number of carbonyl (C=O) groups excluding carboxylic acids is 1. The van der Waals surface area contributed by atoms with Gasteiger partial charge >= 0.3 is 6.03 Å². The first-order chi connectivity index (χ1) is 11.6. The van der Waals surface area contributed by atoms with Crippen LogP contribution in [0.1, 0.15) is 30.9 Å². The molecule has 0 bridgehead atoms. The van der Waals surface area contributed by atoms with Gasteiger partial charge in [-0.25, -0.2) is 4.79 Å². The summed E-state index contributed by atoms with van der Waals surface area (Å²) in [4.78, 5) is 16.2. The maximum absolute atomic E-state index is 12.0. The van der Waals surface area contributed by atoms with Gasteiger partial charge in [-0.05, 0) is 43.0 Å². The minimum atomic E-state index is -0.0672. The van der Waals surface area contributed by atoms with Crippen molar-refractivity contribution in [2.75, 3.05) is 40.4 Å². The molecular formula is C19H31N3O2. The van der Waals surface area contributed by atoms with Crippen LogP contribution < -0.4 is 5.32 Å². The van der Waals surface area contributed by atoms with Crippen molar-refractivity contribution in [1.82, 2.24) is 15.1 Å². The van der Waals surface area contributed by atoms with Gasteiger partial charge in [0.1, 0.15) is 0 Å². The highest BCUT2D eigenvalue weighted by Crippen LogP contribution is 2.18. The van der Waals surface area contributed by atoms with Gasteiger partial charge in [0.25, 0.3) is 0 Å². The second-order valence-corrected chi connectivity index (χ2v) is 6.85. The first-order valence-electron chi connectivity index (χ1n) is 8.86. The topological polar surface area (TPSA) is 44.8 Å². The number of piperidine rings is 1. The van der Waals surface area contributed by atoms with Crippen molar-refractivity contribution in [3.05, 3.63) is 35.4 Å². The smallest absolute Gasteiger partial charge is 0.317 e. The highest BCUT2D eigenvalue weighted by molar-refractivity contribution is 5.73. The zero-order valence-corrected chi connectivity index (χ0v) is 15.3. The highest BCUT2D eigenvalue weighted by Gasteiger charge is 2.15. The van der Waals surface area contributed by atoms with E-state index in [0.717, 1.165) is 18.0 Å². The molecule has 0 spiro atoms. The Balaban J connectivity index is 1.80. The van der Waals surface area contributed by atoms with E-state index in [4.69, 9.17) is 4.74 Å². The molecule has 0 unspecified atom stereocenters. The van der Waals surface area contributed by atoms with Crippen molar-refractivity contribution in [1.29, 1.82) is 0 Å². The van der Waals surface area contributed by atoms with E-state index in [9.17, 15) is 4.79 Å². The molecule has 2 amide bonds. The van der Waals surface area contributed by atoms with E-state index in [1.54, 1.807) is 19.1 Å². The monoisotopic (exact) mass is 333 g/mol. The molecule has 1 heterocycles. The van der Waals surface area contributed by atoms with E-state index < -0.39 is 0 Å². The minimum absolute atomic E-state index is 0.0672. The van der Waals surface area contributed by atoms with Crippen molar-refractivity contribution >= 4 is 6.03 Å². The van der Waals surface area contributed by atoms with Gasteiger partial charge in [-0.1, -0.05) is 31.2 Å². The highest BCUT2D eigenvalue weighted by atomic mass is 16.5. The number of likely N-dealkylation sites (tertiary alicyclic amines) is 1. The number of amides is 2. The maximum Gasteiger partial charge on any atom is 0.317 e. The summed E-state index contributed by atoms with van der Waals surface area (Å²) in [6, 6.07) is 8.46. The molecule has 0 radical (unpaired) electrons. The quantitative estimate of drug-likeness (QED) is 0.834. The lowest BCUT2D eigenvalue weighted by Crippen LogP contribution is -2.38. The summed E-state index contributed by atoms with van der Waals surface area (Å²) in [5.41, 5.74) is 2.47. The molecule has 0 atom stereocenters. The van der Waals surface area contributed by atoms with Gasteiger partial charge in [-0.15, -0.1) is 0 Å². The van der Waals surface area contributed by atoms with Crippen molar-refractivity contribution in [2.45, 2.75) is 32.9 Å². The van der Waals surface area contributed by atoms with Crippen molar-refractivity contribution in [3.8, 4) is 0 Å². The van der Waals surface area contributed by atoms with Gasteiger partial charge < -0.3 is 15.0 Å². The molecule has 5 nitrogen and oxygen atoms in total. The average molecular weight is 333 g/mol. The van der Waals surface area contributed by atoms with Crippen LogP contribution >= 0.6 is 0 Å². The molecule has 134 valence electrons. The molecule has 1 aromatic rings. The van der Waals surface area contributed by atoms with Crippen molar-refractivity contribution in [3.63, 3.8) is 0 Å². The van der Waals surface area contributed by atoms with Crippen molar-refractivity contribution < 1.29 is 9.53 Å². The molecule has 1 aliphatic heterocycles. The number of ether oxygens (including phenoxy) is 1. The van der Waals surface area contributed by atoms with Gasteiger partial charge in [0.15, 0.2) is 0 Å². The summed E-state index contributed by atoms with van der Waals surface area (Å²) >= 11 is 0. The molecule has 5 heteroatoms. The Morgan fingerprint density at radius 3 is 2.75 bits per heavy atom. The van der Waals surface area contributed by atoms with Gasteiger partial charge in [0.05, 0.1) is 6.61 Å². The van der Waals surface area contributed by atoms with Crippen LogP contribution in [0.4, 0.5) is 4.79 Å². The van der Waals surface area contributed by atoms with Crippen LogP contribution in [0.2, 0.25) is 0 Å². The van der Waals surface area contributed by atoms with Crippen LogP contribution in [0.3, 0.4) is 0 Å². The summed E-state index contributed by atoms with van der Waals surface area (Å²) in [6.07, 6.45) is 2.59. The Morgan fingerprint density at radius 2 is 2.04 bits per heavy atom. The first kappa shape index (κ1) is 18.7. The Morgan fingerprint density at radius 1 is 1.33 bits per heavy atom. The average Bonchev–Trinajstić information content (AvgIpc) is 2.60. The fourth-order valence-corrected chi connectivity index (χ4v) is 2.96. The lowest BCUT2D eigenvalue weighted by Gasteiger charge is -2.30. The Bertz CT molecular complexity index is 513. The van der Waals surface area contributed by atoms with E-state index in [0.29, 0.717) is 19.7 Å². The molecule has 1 saturated heterocycles. The number of nitrogens with one attached hydrogen (secondary N) is 1. The second-order valence-electron chi connectivity index (χ2n) is 6.85. The molecule has 24 heavy (non-hydrogen) atoms. The van der Waals surface area contributed by atoms with Gasteiger partial charge in [-0.3, -0.25) is 4.90 Å². The van der Waals surface area contributed by atoms with Crippen LogP contribution in [0.5, 0.6) is 0 Å². The number of likely N-dealkylation sites (N-methyl/N-ethyl adjacent to an activating group) is 1. The summed E-state index contributed by atoms with van der Waals surface area (Å²) in [6.45, 7) is 7.41. The van der Waals surface area contributed by atoms with E-state index in [1.807, 2.05) is 0 Å². The van der Waals surface area contributed by atoms with Crippen LogP contribution in [-0.2, 0) is 17.8 Å². The summed E-state index contributed by atoms with van der Waals surface area (Å²) in [5, 5.41) is 2.96. The molecule has 1 N–H and O–H groups in total. The fourth-order valence-electron chi connectivity index (χ4n) is 2.96. The van der Waals surface area contributed by atoms with E-state index in [-0.39, 0.29) is 6.03 Å². The van der Waals surface area contributed by atoms with Gasteiger partial charge in [-0.2, -0.15) is 0 Å². The third-order valence-corrected chi connectivity index (χ3v) is 4.70. The number of urea groups is 1. The lowest BCUT2D eigenvalue weighted by atomic mass is 9.98. The number of hydrogen-bond donors (Lipinski definition) is 1. The zero-order chi connectivity index (χ0) is 17.4. The summed E-state index contributed by atoms with van der Waals surface area (Å²) in [5.74, 6) is 0.859. The van der Waals surface area contributed by atoms with Crippen LogP contribution in [0.15, 0.2) is 24.3 Å². The summed E-state index contributed by atoms with van der Waals surface area (Å²) in [7, 11) is 3.42. The first-order valence-corrected chi connectivity index (χ1v) is 8.86. The fraction of sp³-hybridized carbons (Fsp3) is 0.632. The molecule has 1 fully saturated rings. The molecule has 0 saturated carbocycles. The molecular weight excluding hydrogens is 302 g/mol. The minimum Gasteiger partial charge on any atom is -0.383 e. The predicted molar refractivity (Wildman–Crippen MR) is 96.9 cm³/mol. The van der Waals surface area contributed by atoms with E-state index in [2.05, 4.69) is 41.4 Å². The maximum atomic E-state index is 12.0. The van der Waals surface area contributed by atoms with E-state index in [1.165, 1.54) is 31.5 Å². The van der Waals surface area contributed by atoms with Crippen LogP contribution in [-0.4, -0.2) is 56.2 Å². The van der Waals surface area contributed by atoms with Crippen LogP contribution in [0, 0.1) is 5.92 Å². The largest absolute Gasteiger partial charge is 0.383 e. The molecule has 0 aromatic heterocycles.